The number of carbonyl (C=O) groups is 2. The maximum Gasteiger partial charge on any atom is 0.295 e. The van der Waals surface area contributed by atoms with Crippen molar-refractivity contribution in [3.8, 4) is 0 Å². The fraction of sp³-hybridized carbons (Fsp3) is 0.0500. The van der Waals surface area contributed by atoms with Gasteiger partial charge in [0, 0.05) is 6.20 Å². The number of aromatic nitrogens is 1. The molecule has 0 atom stereocenters. The molecule has 0 saturated carbocycles. The van der Waals surface area contributed by atoms with Gasteiger partial charge in [0.2, 0.25) is 0 Å². The SMILES string of the molecule is NC(=O)c1ccccc1NC(=O)c1cccn(OCc2cccc(F)c2)c1=O. The molecule has 0 saturated heterocycles. The Balaban J connectivity index is 1.80. The molecule has 0 aliphatic heterocycles. The summed E-state index contributed by atoms with van der Waals surface area (Å²) in [4.78, 5) is 41.8. The van der Waals surface area contributed by atoms with Crippen LogP contribution in [0, 0.1) is 5.82 Å². The van der Waals surface area contributed by atoms with E-state index in [0.717, 1.165) is 4.73 Å². The minimum atomic E-state index is -0.720. The topological polar surface area (TPSA) is 103 Å². The molecule has 1 heterocycles. The van der Waals surface area contributed by atoms with Gasteiger partial charge in [0.25, 0.3) is 17.4 Å². The molecule has 3 rings (SSSR count). The zero-order valence-electron chi connectivity index (χ0n) is 14.6. The van der Waals surface area contributed by atoms with Gasteiger partial charge >= 0.3 is 0 Å². The molecular weight excluding hydrogens is 365 g/mol. The highest BCUT2D eigenvalue weighted by Crippen LogP contribution is 2.15. The summed E-state index contributed by atoms with van der Waals surface area (Å²) in [6, 6.07) is 14.7. The Kier molecular flexibility index (Phi) is 5.50. The van der Waals surface area contributed by atoms with Gasteiger partial charge < -0.3 is 15.9 Å². The molecule has 0 bridgehead atoms. The first kappa shape index (κ1) is 18.8. The van der Waals surface area contributed by atoms with Gasteiger partial charge in [-0.15, -0.1) is 0 Å². The van der Waals surface area contributed by atoms with Crippen molar-refractivity contribution in [3.63, 3.8) is 0 Å². The van der Waals surface area contributed by atoms with E-state index in [2.05, 4.69) is 5.32 Å². The van der Waals surface area contributed by atoms with Crippen LogP contribution in [-0.2, 0) is 6.61 Å². The van der Waals surface area contributed by atoms with E-state index < -0.39 is 23.2 Å². The number of primary amides is 1. The quantitative estimate of drug-likeness (QED) is 0.681. The standard InChI is InChI=1S/C20H16FN3O4/c21-14-6-3-5-13(11-14)12-28-24-10-4-8-16(20(24)27)19(26)23-17-9-2-1-7-15(17)18(22)25/h1-11H,12H2,(H2,22,25)(H,23,26). The third-order valence-electron chi connectivity index (χ3n) is 3.86. The minimum absolute atomic E-state index is 0.0623. The van der Waals surface area contributed by atoms with Crippen LogP contribution in [0.25, 0.3) is 0 Å². The molecule has 0 unspecified atom stereocenters. The number of halogens is 1. The van der Waals surface area contributed by atoms with Crippen LogP contribution in [0.2, 0.25) is 0 Å². The average molecular weight is 381 g/mol. The Hall–Kier alpha value is -3.94. The van der Waals surface area contributed by atoms with Crippen LogP contribution in [0.1, 0.15) is 26.3 Å². The summed E-state index contributed by atoms with van der Waals surface area (Å²) in [5.74, 6) is -1.85. The number of carbonyl (C=O) groups excluding carboxylic acids is 2. The molecule has 2 aromatic carbocycles. The molecule has 0 fully saturated rings. The van der Waals surface area contributed by atoms with Crippen LogP contribution < -0.4 is 21.4 Å². The number of pyridine rings is 1. The van der Waals surface area contributed by atoms with E-state index in [9.17, 15) is 18.8 Å². The first-order chi connectivity index (χ1) is 13.5. The predicted octanol–water partition coefficient (Wildman–Crippen LogP) is 1.97. The number of para-hydroxylation sites is 1. The highest BCUT2D eigenvalue weighted by atomic mass is 19.1. The first-order valence-corrected chi connectivity index (χ1v) is 8.25. The molecule has 28 heavy (non-hydrogen) atoms. The monoisotopic (exact) mass is 381 g/mol. The highest BCUT2D eigenvalue weighted by Gasteiger charge is 2.16. The van der Waals surface area contributed by atoms with Crippen LogP contribution >= 0.6 is 0 Å². The molecule has 3 N–H and O–H groups in total. The van der Waals surface area contributed by atoms with E-state index in [0.29, 0.717) is 5.56 Å². The van der Waals surface area contributed by atoms with Crippen molar-refractivity contribution in [1.29, 1.82) is 0 Å². The second kappa shape index (κ2) is 8.17. The van der Waals surface area contributed by atoms with Crippen molar-refractivity contribution in [3.05, 3.63) is 99.7 Å². The van der Waals surface area contributed by atoms with Gasteiger partial charge in [0.05, 0.1) is 11.3 Å². The number of anilines is 1. The third-order valence-corrected chi connectivity index (χ3v) is 3.86. The Bertz CT molecular complexity index is 1090. The molecule has 3 aromatic rings. The Morgan fingerprint density at radius 3 is 2.54 bits per heavy atom. The lowest BCUT2D eigenvalue weighted by atomic mass is 10.1. The molecule has 2 amide bonds. The number of hydrogen-bond donors (Lipinski definition) is 2. The second-order valence-corrected chi connectivity index (χ2v) is 5.82. The smallest absolute Gasteiger partial charge is 0.295 e. The minimum Gasteiger partial charge on any atom is -0.406 e. The van der Waals surface area contributed by atoms with Crippen molar-refractivity contribution in [2.24, 2.45) is 5.73 Å². The van der Waals surface area contributed by atoms with Crippen LogP contribution in [0.3, 0.4) is 0 Å². The molecule has 1 aromatic heterocycles. The molecule has 0 aliphatic rings. The van der Waals surface area contributed by atoms with Gasteiger partial charge in [-0.3, -0.25) is 14.4 Å². The van der Waals surface area contributed by atoms with Gasteiger partial charge in [0.15, 0.2) is 0 Å². The van der Waals surface area contributed by atoms with Crippen LogP contribution in [0.15, 0.2) is 71.7 Å². The van der Waals surface area contributed by atoms with E-state index >= 15 is 0 Å². The normalized spacial score (nSPS) is 10.3. The van der Waals surface area contributed by atoms with Gasteiger partial charge in [-0.05, 0) is 42.0 Å². The van der Waals surface area contributed by atoms with E-state index in [1.807, 2.05) is 0 Å². The lowest BCUT2D eigenvalue weighted by Crippen LogP contribution is -2.32. The zero-order valence-corrected chi connectivity index (χ0v) is 14.6. The van der Waals surface area contributed by atoms with Crippen molar-refractivity contribution in [2.75, 3.05) is 5.32 Å². The van der Waals surface area contributed by atoms with E-state index in [1.165, 1.54) is 48.7 Å². The summed E-state index contributed by atoms with van der Waals surface area (Å²) < 4.78 is 14.1. The zero-order chi connectivity index (χ0) is 20.1. The van der Waals surface area contributed by atoms with E-state index in [4.69, 9.17) is 10.6 Å². The summed E-state index contributed by atoms with van der Waals surface area (Å²) in [5.41, 5.74) is 5.23. The average Bonchev–Trinajstić information content (AvgIpc) is 2.67. The number of benzene rings is 2. The van der Waals surface area contributed by atoms with Crippen LogP contribution in [0.4, 0.5) is 10.1 Å². The number of nitrogens with one attached hydrogen (secondary N) is 1. The summed E-state index contributed by atoms with van der Waals surface area (Å²) in [6.07, 6.45) is 1.34. The summed E-state index contributed by atoms with van der Waals surface area (Å²) in [6.45, 7) is -0.0623. The number of hydrogen-bond acceptors (Lipinski definition) is 4. The van der Waals surface area contributed by atoms with Gasteiger partial charge in [-0.25, -0.2) is 4.39 Å². The molecular formula is C20H16FN3O4. The molecule has 8 heteroatoms. The van der Waals surface area contributed by atoms with Crippen molar-refractivity contribution in [1.82, 2.24) is 4.73 Å². The first-order valence-electron chi connectivity index (χ1n) is 8.25. The van der Waals surface area contributed by atoms with E-state index in [-0.39, 0.29) is 23.4 Å². The predicted molar refractivity (Wildman–Crippen MR) is 100 cm³/mol. The molecule has 0 aliphatic carbocycles. The van der Waals surface area contributed by atoms with Crippen molar-refractivity contribution < 1.29 is 18.8 Å². The van der Waals surface area contributed by atoms with Gasteiger partial charge in [-0.1, -0.05) is 24.3 Å². The highest BCUT2D eigenvalue weighted by molar-refractivity contribution is 6.08. The number of amides is 2. The lowest BCUT2D eigenvalue weighted by Gasteiger charge is -2.11. The van der Waals surface area contributed by atoms with Gasteiger partial charge in [-0.2, -0.15) is 4.73 Å². The number of rotatable bonds is 6. The maximum atomic E-state index is 13.2. The fourth-order valence-corrected chi connectivity index (χ4v) is 2.52. The van der Waals surface area contributed by atoms with Crippen molar-refractivity contribution >= 4 is 17.5 Å². The van der Waals surface area contributed by atoms with Crippen LogP contribution in [-0.4, -0.2) is 16.5 Å². The maximum absolute atomic E-state index is 13.2. The second-order valence-electron chi connectivity index (χ2n) is 5.82. The Morgan fingerprint density at radius 2 is 1.79 bits per heavy atom. The summed E-state index contributed by atoms with van der Waals surface area (Å²) in [7, 11) is 0. The van der Waals surface area contributed by atoms with Crippen molar-refractivity contribution in [2.45, 2.75) is 6.61 Å². The van der Waals surface area contributed by atoms with Gasteiger partial charge in [0.1, 0.15) is 18.0 Å². The molecule has 7 nitrogen and oxygen atoms in total. The third kappa shape index (κ3) is 4.24. The van der Waals surface area contributed by atoms with Crippen LogP contribution in [0.5, 0.6) is 0 Å². The largest absolute Gasteiger partial charge is 0.406 e. The molecule has 0 spiro atoms. The Morgan fingerprint density at radius 1 is 1.04 bits per heavy atom. The Labute approximate surface area is 159 Å². The number of nitrogens with zero attached hydrogens (tertiary/aromatic N) is 1. The summed E-state index contributed by atoms with van der Waals surface area (Å²) in [5, 5.41) is 2.50. The molecule has 0 radical (unpaired) electrons. The fourth-order valence-electron chi connectivity index (χ4n) is 2.52. The number of nitrogens with two attached hydrogens (primary N) is 1. The van der Waals surface area contributed by atoms with E-state index in [1.54, 1.807) is 18.2 Å². The lowest BCUT2D eigenvalue weighted by molar-refractivity contribution is 0.0862. The summed E-state index contributed by atoms with van der Waals surface area (Å²) >= 11 is 0. The molecule has 142 valence electrons.